The zero-order valence-corrected chi connectivity index (χ0v) is 12.2. The van der Waals surface area contributed by atoms with Crippen molar-refractivity contribution in [3.63, 3.8) is 0 Å². The first kappa shape index (κ1) is 15.4. The van der Waals surface area contributed by atoms with Crippen LogP contribution in [0.4, 0.5) is 11.4 Å². The fourth-order valence-corrected chi connectivity index (χ4v) is 2.65. The number of methoxy groups -OCH3 is 2. The molecule has 1 aliphatic rings. The van der Waals surface area contributed by atoms with Gasteiger partial charge >= 0.3 is 0 Å². The summed E-state index contributed by atoms with van der Waals surface area (Å²) in [6.45, 7) is 0.591. The molecule has 0 aliphatic heterocycles. The van der Waals surface area contributed by atoms with Gasteiger partial charge in [-0.15, -0.1) is 0 Å². The fraction of sp³-hybridized carbons (Fsp3) is 0.571. The number of nitrogens with one attached hydrogen (secondary N) is 1. The van der Waals surface area contributed by atoms with Crippen molar-refractivity contribution in [2.24, 2.45) is 5.92 Å². The molecule has 1 aromatic carbocycles. The number of nitro benzene ring substituents is 1. The van der Waals surface area contributed by atoms with E-state index in [2.05, 4.69) is 5.32 Å². The molecule has 1 aliphatic carbocycles. The minimum absolute atomic E-state index is 0.0498. The lowest BCUT2D eigenvalue weighted by atomic mass is 10.1. The third-order valence-corrected chi connectivity index (χ3v) is 3.79. The van der Waals surface area contributed by atoms with Crippen molar-refractivity contribution in [1.29, 1.82) is 0 Å². The molecule has 0 radical (unpaired) electrons. The average Bonchev–Trinajstić information content (AvgIpc) is 2.89. The summed E-state index contributed by atoms with van der Waals surface area (Å²) in [6, 6.07) is 2.92. The highest BCUT2D eigenvalue weighted by atomic mass is 16.6. The molecule has 21 heavy (non-hydrogen) atoms. The van der Waals surface area contributed by atoms with Gasteiger partial charge in [-0.05, 0) is 25.2 Å². The Morgan fingerprint density at radius 1 is 1.33 bits per heavy atom. The molecule has 0 heterocycles. The van der Waals surface area contributed by atoms with Crippen LogP contribution in [0.15, 0.2) is 12.1 Å². The van der Waals surface area contributed by atoms with E-state index in [0.717, 1.165) is 19.3 Å². The van der Waals surface area contributed by atoms with Crippen molar-refractivity contribution in [3.05, 3.63) is 22.2 Å². The molecule has 7 nitrogen and oxygen atoms in total. The standard InChI is InChI=1S/C14H20N2O5/c1-20-13-6-11(12(16(18)19)7-14(13)21-2)15-8-9-3-4-10(17)5-9/h6-7,9-10,15,17H,3-5,8H2,1-2H3. The number of rotatable bonds is 6. The van der Waals surface area contributed by atoms with Crippen LogP contribution in [0.2, 0.25) is 0 Å². The number of hydrogen-bond acceptors (Lipinski definition) is 6. The van der Waals surface area contributed by atoms with Gasteiger partial charge in [0.15, 0.2) is 11.5 Å². The smallest absolute Gasteiger partial charge is 0.296 e. The van der Waals surface area contributed by atoms with Crippen LogP contribution < -0.4 is 14.8 Å². The number of aliphatic hydroxyl groups is 1. The summed E-state index contributed by atoms with van der Waals surface area (Å²) in [5, 5.41) is 23.8. The molecule has 0 amide bonds. The van der Waals surface area contributed by atoms with Crippen molar-refractivity contribution in [2.75, 3.05) is 26.1 Å². The highest BCUT2D eigenvalue weighted by molar-refractivity contribution is 5.68. The molecule has 0 aromatic heterocycles. The lowest BCUT2D eigenvalue weighted by molar-refractivity contribution is -0.384. The van der Waals surface area contributed by atoms with E-state index < -0.39 is 4.92 Å². The summed E-state index contributed by atoms with van der Waals surface area (Å²) in [5.41, 5.74) is 0.352. The minimum atomic E-state index is -0.451. The summed E-state index contributed by atoms with van der Waals surface area (Å²) in [4.78, 5) is 10.7. The molecule has 116 valence electrons. The van der Waals surface area contributed by atoms with Crippen molar-refractivity contribution >= 4 is 11.4 Å². The molecule has 7 heteroatoms. The molecule has 0 bridgehead atoms. The molecule has 2 atom stereocenters. The van der Waals surface area contributed by atoms with Crippen LogP contribution in [0.3, 0.4) is 0 Å². The van der Waals surface area contributed by atoms with Crippen molar-refractivity contribution in [3.8, 4) is 11.5 Å². The quantitative estimate of drug-likeness (QED) is 0.617. The van der Waals surface area contributed by atoms with E-state index >= 15 is 0 Å². The third kappa shape index (κ3) is 3.55. The van der Waals surface area contributed by atoms with E-state index in [1.54, 1.807) is 6.07 Å². The Hall–Kier alpha value is -2.02. The number of nitrogens with zero attached hydrogens (tertiary/aromatic N) is 1. The van der Waals surface area contributed by atoms with Crippen LogP contribution in [0.1, 0.15) is 19.3 Å². The third-order valence-electron chi connectivity index (χ3n) is 3.79. The number of nitro groups is 1. The second-order valence-electron chi connectivity index (χ2n) is 5.20. The topological polar surface area (TPSA) is 93.9 Å². The second-order valence-corrected chi connectivity index (χ2v) is 5.20. The van der Waals surface area contributed by atoms with E-state index in [1.165, 1.54) is 20.3 Å². The molecule has 1 fully saturated rings. The SMILES string of the molecule is COc1cc(NCC2CCC(O)C2)c([N+](=O)[O-])cc1OC. The maximum Gasteiger partial charge on any atom is 0.296 e. The van der Waals surface area contributed by atoms with Gasteiger partial charge in [-0.25, -0.2) is 0 Å². The molecule has 2 rings (SSSR count). The van der Waals surface area contributed by atoms with Crippen molar-refractivity contribution in [1.82, 2.24) is 0 Å². The van der Waals surface area contributed by atoms with E-state index in [-0.39, 0.29) is 11.8 Å². The minimum Gasteiger partial charge on any atom is -0.493 e. The van der Waals surface area contributed by atoms with Crippen LogP contribution in [0.5, 0.6) is 11.5 Å². The van der Waals surface area contributed by atoms with Gasteiger partial charge in [0.25, 0.3) is 5.69 Å². The lowest BCUT2D eigenvalue weighted by Crippen LogP contribution is -2.13. The zero-order chi connectivity index (χ0) is 15.4. The van der Waals surface area contributed by atoms with E-state index in [0.29, 0.717) is 29.6 Å². The van der Waals surface area contributed by atoms with Gasteiger partial charge in [-0.2, -0.15) is 0 Å². The molecule has 0 saturated heterocycles. The summed E-state index contributed by atoms with van der Waals surface area (Å²) in [5.74, 6) is 1.09. The van der Waals surface area contributed by atoms with Gasteiger partial charge in [0.2, 0.25) is 0 Å². The van der Waals surface area contributed by atoms with Crippen LogP contribution in [0.25, 0.3) is 0 Å². The maximum absolute atomic E-state index is 11.2. The Labute approximate surface area is 123 Å². The Bertz CT molecular complexity index is 520. The first-order valence-corrected chi connectivity index (χ1v) is 6.87. The Morgan fingerprint density at radius 3 is 2.52 bits per heavy atom. The van der Waals surface area contributed by atoms with Crippen molar-refractivity contribution in [2.45, 2.75) is 25.4 Å². The van der Waals surface area contributed by atoms with Crippen LogP contribution in [-0.2, 0) is 0 Å². The first-order valence-electron chi connectivity index (χ1n) is 6.87. The summed E-state index contributed by atoms with van der Waals surface area (Å²) in [7, 11) is 2.93. The van der Waals surface area contributed by atoms with Gasteiger partial charge in [0.1, 0.15) is 5.69 Å². The van der Waals surface area contributed by atoms with Crippen LogP contribution in [0, 0.1) is 16.0 Å². The van der Waals surface area contributed by atoms with Gasteiger partial charge in [-0.3, -0.25) is 10.1 Å². The molecule has 2 unspecified atom stereocenters. The summed E-state index contributed by atoms with van der Waals surface area (Å²) >= 11 is 0. The molecule has 2 N–H and O–H groups in total. The number of ether oxygens (including phenoxy) is 2. The number of anilines is 1. The molecular formula is C14H20N2O5. The summed E-state index contributed by atoms with van der Waals surface area (Å²) in [6.07, 6.45) is 2.20. The van der Waals surface area contributed by atoms with Gasteiger partial charge in [0, 0.05) is 12.6 Å². The largest absolute Gasteiger partial charge is 0.493 e. The predicted octanol–water partition coefficient (Wildman–Crippen LogP) is 2.18. The molecule has 0 spiro atoms. The first-order chi connectivity index (χ1) is 10.0. The van der Waals surface area contributed by atoms with Gasteiger partial charge in [0.05, 0.1) is 31.3 Å². The maximum atomic E-state index is 11.2. The van der Waals surface area contributed by atoms with E-state index in [1.807, 2.05) is 0 Å². The highest BCUT2D eigenvalue weighted by Crippen LogP contribution is 2.38. The predicted molar refractivity (Wildman–Crippen MR) is 78.0 cm³/mol. The second kappa shape index (κ2) is 6.62. The Balaban J connectivity index is 2.18. The van der Waals surface area contributed by atoms with Crippen LogP contribution >= 0.6 is 0 Å². The monoisotopic (exact) mass is 296 g/mol. The molecular weight excluding hydrogens is 276 g/mol. The number of aliphatic hydroxyl groups excluding tert-OH is 1. The average molecular weight is 296 g/mol. The van der Waals surface area contributed by atoms with Gasteiger partial charge < -0.3 is 19.9 Å². The van der Waals surface area contributed by atoms with Gasteiger partial charge in [-0.1, -0.05) is 0 Å². The number of benzene rings is 1. The lowest BCUT2D eigenvalue weighted by Gasteiger charge is -2.14. The molecule has 1 aromatic rings. The Kier molecular flexibility index (Phi) is 4.85. The fourth-order valence-electron chi connectivity index (χ4n) is 2.65. The van der Waals surface area contributed by atoms with Crippen LogP contribution in [-0.4, -0.2) is 36.9 Å². The highest BCUT2D eigenvalue weighted by Gasteiger charge is 2.24. The van der Waals surface area contributed by atoms with E-state index in [9.17, 15) is 15.2 Å². The molecule has 1 saturated carbocycles. The number of hydrogen-bond donors (Lipinski definition) is 2. The van der Waals surface area contributed by atoms with E-state index in [4.69, 9.17) is 9.47 Å². The summed E-state index contributed by atoms with van der Waals surface area (Å²) < 4.78 is 10.3. The van der Waals surface area contributed by atoms with Crippen molar-refractivity contribution < 1.29 is 19.5 Å². The Morgan fingerprint density at radius 2 is 2.00 bits per heavy atom. The zero-order valence-electron chi connectivity index (χ0n) is 12.2. The normalized spacial score (nSPS) is 21.1.